The van der Waals surface area contributed by atoms with Crippen molar-refractivity contribution in [2.75, 3.05) is 31.0 Å². The monoisotopic (exact) mass is 561 g/mol. The smallest absolute Gasteiger partial charge is 0.259 e. The van der Waals surface area contributed by atoms with Crippen LogP contribution in [0.25, 0.3) is 0 Å². The Balaban J connectivity index is 0.00000210. The fourth-order valence-electron chi connectivity index (χ4n) is 2.95. The van der Waals surface area contributed by atoms with Crippen LogP contribution in [0.3, 0.4) is 0 Å². The maximum atomic E-state index is 13.0. The van der Waals surface area contributed by atoms with Crippen molar-refractivity contribution in [3.8, 4) is 5.75 Å². The van der Waals surface area contributed by atoms with Crippen LogP contribution in [0.15, 0.2) is 65.1 Å². The number of benzene rings is 3. The highest BCUT2D eigenvalue weighted by Gasteiger charge is 2.17. The number of rotatable bonds is 9. The van der Waals surface area contributed by atoms with Crippen LogP contribution in [-0.4, -0.2) is 32.1 Å². The molecule has 0 spiro atoms. The third-order valence-electron chi connectivity index (χ3n) is 4.64. The van der Waals surface area contributed by atoms with Crippen molar-refractivity contribution in [1.29, 1.82) is 0 Å². The van der Waals surface area contributed by atoms with Crippen LogP contribution in [0, 0.1) is 0 Å². The van der Waals surface area contributed by atoms with E-state index >= 15 is 0 Å². The molecule has 35 heavy (non-hydrogen) atoms. The number of hydrogen-bond donors (Lipinski definition) is 3. The lowest BCUT2D eigenvalue weighted by Crippen LogP contribution is -2.17. The molecule has 0 radical (unpaired) electrons. The Labute approximate surface area is 219 Å². The quantitative estimate of drug-likeness (QED) is 0.273. The molecule has 0 bridgehead atoms. The van der Waals surface area contributed by atoms with Crippen molar-refractivity contribution < 1.29 is 19.1 Å². The van der Waals surface area contributed by atoms with Crippen molar-refractivity contribution in [1.82, 2.24) is 0 Å². The number of anilines is 2. The summed E-state index contributed by atoms with van der Waals surface area (Å²) in [6.45, 7) is 4.91. The van der Waals surface area contributed by atoms with Gasteiger partial charge in [0, 0.05) is 29.5 Å². The molecule has 0 heterocycles. The van der Waals surface area contributed by atoms with Crippen LogP contribution < -0.4 is 21.1 Å². The maximum absolute atomic E-state index is 13.0. The number of hydrogen-bond acceptors (Lipinski definition) is 5. The van der Waals surface area contributed by atoms with Gasteiger partial charge in [-0.3, -0.25) is 9.59 Å². The molecule has 186 valence electrons. The second kappa shape index (κ2) is 14.5. The molecule has 0 unspecified atom stereocenters. The van der Waals surface area contributed by atoms with Gasteiger partial charge in [-0.2, -0.15) is 0 Å². The summed E-state index contributed by atoms with van der Waals surface area (Å²) in [7, 11) is 1.56. The first-order chi connectivity index (χ1) is 16.9. The van der Waals surface area contributed by atoms with Gasteiger partial charge in [-0.1, -0.05) is 47.4 Å². The predicted molar refractivity (Wildman–Crippen MR) is 145 cm³/mol. The summed E-state index contributed by atoms with van der Waals surface area (Å²) in [5.74, 6) is -0.436. The molecule has 9 heteroatoms. The highest BCUT2D eigenvalue weighted by molar-refractivity contribution is 9.10. The van der Waals surface area contributed by atoms with Gasteiger partial charge in [0.2, 0.25) is 0 Å². The van der Waals surface area contributed by atoms with Crippen LogP contribution in [0.4, 0.5) is 11.4 Å². The molecule has 3 aromatic rings. The Morgan fingerprint density at radius 3 is 2.17 bits per heavy atom. The molecule has 3 rings (SSSR count). The summed E-state index contributed by atoms with van der Waals surface area (Å²) in [4.78, 5) is 25.8. The topological polar surface area (TPSA) is 103 Å². The van der Waals surface area contributed by atoms with Gasteiger partial charge in [0.15, 0.2) is 0 Å². The van der Waals surface area contributed by atoms with Crippen LogP contribution in [0.5, 0.6) is 5.75 Å². The minimum absolute atomic E-state index is 0.258. The number of nitrogens with one attached hydrogen (secondary N) is 2. The molecular weight excluding hydrogens is 534 g/mol. The fraction of sp³-hybridized carbons (Fsp3) is 0.231. The first-order valence-corrected chi connectivity index (χ1v) is 12.2. The number of carbonyl (C=O) groups is 2. The van der Waals surface area contributed by atoms with E-state index in [1.165, 1.54) is 0 Å². The van der Waals surface area contributed by atoms with E-state index in [2.05, 4.69) is 26.6 Å². The van der Waals surface area contributed by atoms with Crippen LogP contribution in [0.2, 0.25) is 5.02 Å². The highest BCUT2D eigenvalue weighted by Crippen LogP contribution is 2.26. The standard InChI is InChI=1S/C24H23BrClN3O4.C2H6/c1-32-10-11-33-22-9-7-18(29-23(30)19-12-15(14-27)2-8-21(19)26)13-20(22)24(31)28-17-5-3-16(25)4-6-17;1-2/h2-9,12-13H,10-11,14,27H2,1H3,(H,28,31)(H,29,30);1-2H3. The van der Waals surface area contributed by atoms with Crippen LogP contribution >= 0.6 is 27.5 Å². The number of halogens is 2. The molecule has 0 saturated heterocycles. The molecule has 2 amide bonds. The molecule has 0 aliphatic rings. The van der Waals surface area contributed by atoms with E-state index < -0.39 is 5.91 Å². The zero-order valence-corrected chi connectivity index (χ0v) is 22.2. The summed E-state index contributed by atoms with van der Waals surface area (Å²) >= 11 is 9.56. The minimum Gasteiger partial charge on any atom is -0.490 e. The van der Waals surface area contributed by atoms with Crippen molar-refractivity contribution in [3.05, 3.63) is 86.8 Å². The van der Waals surface area contributed by atoms with Gasteiger partial charge in [-0.25, -0.2) is 0 Å². The summed E-state index contributed by atoms with van der Waals surface area (Å²) in [5, 5.41) is 5.92. The van der Waals surface area contributed by atoms with E-state index in [4.69, 9.17) is 26.8 Å². The Morgan fingerprint density at radius 2 is 1.51 bits per heavy atom. The van der Waals surface area contributed by atoms with E-state index in [0.717, 1.165) is 10.0 Å². The number of amides is 2. The normalized spacial score (nSPS) is 10.1. The molecule has 4 N–H and O–H groups in total. The minimum atomic E-state index is -0.414. The molecular formula is C26H29BrClN3O4. The zero-order chi connectivity index (χ0) is 25.8. The second-order valence-electron chi connectivity index (χ2n) is 6.99. The van der Waals surface area contributed by atoms with Gasteiger partial charge in [0.05, 0.1) is 22.8 Å². The van der Waals surface area contributed by atoms with Crippen molar-refractivity contribution >= 4 is 50.7 Å². The Kier molecular flexibility index (Phi) is 11.7. The van der Waals surface area contributed by atoms with Gasteiger partial charge in [0.1, 0.15) is 12.4 Å². The van der Waals surface area contributed by atoms with E-state index in [9.17, 15) is 9.59 Å². The summed E-state index contributed by atoms with van der Waals surface area (Å²) in [5.41, 5.74) is 8.03. The van der Waals surface area contributed by atoms with Crippen LogP contribution in [-0.2, 0) is 11.3 Å². The lowest BCUT2D eigenvalue weighted by Gasteiger charge is -2.14. The largest absolute Gasteiger partial charge is 0.490 e. The van der Waals surface area contributed by atoms with E-state index in [0.29, 0.717) is 34.3 Å². The first-order valence-electron chi connectivity index (χ1n) is 11.0. The zero-order valence-electron chi connectivity index (χ0n) is 19.9. The first kappa shape index (κ1) is 28.3. The number of methoxy groups -OCH3 is 1. The van der Waals surface area contributed by atoms with Crippen molar-refractivity contribution in [2.24, 2.45) is 5.73 Å². The molecule has 3 aromatic carbocycles. The van der Waals surface area contributed by atoms with Crippen molar-refractivity contribution in [3.63, 3.8) is 0 Å². The van der Waals surface area contributed by atoms with Crippen molar-refractivity contribution in [2.45, 2.75) is 20.4 Å². The van der Waals surface area contributed by atoms with Gasteiger partial charge in [0.25, 0.3) is 11.8 Å². The Bertz CT molecular complexity index is 1140. The average Bonchev–Trinajstić information content (AvgIpc) is 2.87. The number of carbonyl (C=O) groups excluding carboxylic acids is 2. The van der Waals surface area contributed by atoms with E-state index in [1.807, 2.05) is 26.0 Å². The highest BCUT2D eigenvalue weighted by atomic mass is 79.9. The molecule has 0 aliphatic carbocycles. The summed E-state index contributed by atoms with van der Waals surface area (Å²) in [6.07, 6.45) is 0. The SMILES string of the molecule is CC.COCCOc1ccc(NC(=O)c2cc(CN)ccc2Cl)cc1C(=O)Nc1ccc(Br)cc1. The van der Waals surface area contributed by atoms with Gasteiger partial charge >= 0.3 is 0 Å². The summed E-state index contributed by atoms with van der Waals surface area (Å²) < 4.78 is 11.6. The fourth-order valence-corrected chi connectivity index (χ4v) is 3.42. The maximum Gasteiger partial charge on any atom is 0.259 e. The lowest BCUT2D eigenvalue weighted by molar-refractivity contribution is 0.101. The Morgan fingerprint density at radius 1 is 0.886 bits per heavy atom. The van der Waals surface area contributed by atoms with Gasteiger partial charge < -0.3 is 25.8 Å². The van der Waals surface area contributed by atoms with Gasteiger partial charge in [-0.05, 0) is 60.2 Å². The number of ether oxygens (including phenoxy) is 2. The third kappa shape index (κ3) is 8.36. The lowest BCUT2D eigenvalue weighted by atomic mass is 10.1. The van der Waals surface area contributed by atoms with E-state index in [1.54, 1.807) is 55.6 Å². The molecule has 7 nitrogen and oxygen atoms in total. The second-order valence-corrected chi connectivity index (χ2v) is 8.31. The van der Waals surface area contributed by atoms with Crippen LogP contribution in [0.1, 0.15) is 40.1 Å². The molecule has 0 aliphatic heterocycles. The Hall–Kier alpha value is -2.91. The third-order valence-corrected chi connectivity index (χ3v) is 5.50. The molecule has 0 saturated carbocycles. The van der Waals surface area contributed by atoms with Gasteiger partial charge in [-0.15, -0.1) is 0 Å². The molecule has 0 aromatic heterocycles. The average molecular weight is 563 g/mol. The summed E-state index contributed by atoms with van der Waals surface area (Å²) in [6, 6.07) is 17.0. The molecule has 0 atom stereocenters. The van der Waals surface area contributed by atoms with E-state index in [-0.39, 0.29) is 24.6 Å². The molecule has 0 fully saturated rings. The predicted octanol–water partition coefficient (Wildman–Crippen LogP) is 6.12. The number of nitrogens with two attached hydrogens (primary N) is 1.